The van der Waals surface area contributed by atoms with Crippen LogP contribution >= 0.6 is 11.6 Å². The third kappa shape index (κ3) is 2.12. The largest absolute Gasteiger partial charge is 0.396 e. The molecule has 2 N–H and O–H groups in total. The van der Waals surface area contributed by atoms with Gasteiger partial charge in [-0.3, -0.25) is 4.79 Å². The molecule has 102 valence electrons. The number of nitrogens with zero attached hydrogens (tertiary/aromatic N) is 1. The minimum atomic E-state index is -0.669. The minimum absolute atomic E-state index is 0.114. The Morgan fingerprint density at radius 2 is 1.80 bits per heavy atom. The van der Waals surface area contributed by atoms with Crippen molar-refractivity contribution in [2.75, 3.05) is 5.73 Å². The summed E-state index contributed by atoms with van der Waals surface area (Å²) in [5.41, 5.74) is 7.80. The average molecular weight is 291 g/mol. The summed E-state index contributed by atoms with van der Waals surface area (Å²) in [6.45, 7) is 1.01. The average Bonchev–Trinajstić information content (AvgIpc) is 2.86. The molecule has 0 spiro atoms. The topological polar surface area (TPSA) is 46.3 Å². The zero-order valence-corrected chi connectivity index (χ0v) is 11.3. The maximum atomic E-state index is 13.6. The number of halogens is 2. The molecule has 2 aromatic rings. The number of carbonyl (C=O) groups excluding carboxylic acids is 1. The predicted octanol–water partition coefficient (Wildman–Crippen LogP) is 3.22. The van der Waals surface area contributed by atoms with Crippen molar-refractivity contribution >= 4 is 23.2 Å². The quantitative estimate of drug-likeness (QED) is 0.820. The number of anilines is 1. The molecule has 0 saturated carbocycles. The van der Waals surface area contributed by atoms with Crippen LogP contribution in [0.15, 0.2) is 36.4 Å². The lowest BCUT2D eigenvalue weighted by Crippen LogP contribution is -2.26. The van der Waals surface area contributed by atoms with Gasteiger partial charge in [0.15, 0.2) is 0 Å². The van der Waals surface area contributed by atoms with Gasteiger partial charge in [-0.05, 0) is 23.3 Å². The first-order chi connectivity index (χ1) is 9.56. The van der Waals surface area contributed by atoms with E-state index < -0.39 is 5.82 Å². The Morgan fingerprint density at radius 3 is 2.40 bits per heavy atom. The molecule has 3 rings (SSSR count). The van der Waals surface area contributed by atoms with E-state index in [0.717, 1.165) is 17.2 Å². The lowest BCUT2D eigenvalue weighted by atomic mass is 10.1. The molecule has 0 bridgehead atoms. The van der Waals surface area contributed by atoms with Crippen LogP contribution in [-0.4, -0.2) is 10.8 Å². The van der Waals surface area contributed by atoms with Gasteiger partial charge in [0.2, 0.25) is 0 Å². The van der Waals surface area contributed by atoms with E-state index in [1.54, 1.807) is 4.90 Å². The monoisotopic (exact) mass is 290 g/mol. The van der Waals surface area contributed by atoms with Gasteiger partial charge in [0.1, 0.15) is 5.82 Å². The van der Waals surface area contributed by atoms with Crippen molar-refractivity contribution in [3.8, 4) is 0 Å². The third-order valence-electron chi connectivity index (χ3n) is 3.45. The summed E-state index contributed by atoms with van der Waals surface area (Å²) in [4.78, 5) is 14.1. The van der Waals surface area contributed by atoms with Gasteiger partial charge >= 0.3 is 0 Å². The van der Waals surface area contributed by atoms with Gasteiger partial charge in [0, 0.05) is 18.1 Å². The summed E-state index contributed by atoms with van der Waals surface area (Å²) >= 11 is 5.80. The van der Waals surface area contributed by atoms with Crippen LogP contribution in [0, 0.1) is 5.82 Å². The molecule has 1 amide bonds. The van der Waals surface area contributed by atoms with Crippen LogP contribution in [-0.2, 0) is 13.1 Å². The predicted molar refractivity (Wildman–Crippen MR) is 75.8 cm³/mol. The van der Waals surface area contributed by atoms with E-state index >= 15 is 0 Å². The number of benzene rings is 2. The van der Waals surface area contributed by atoms with Crippen LogP contribution in [0.1, 0.15) is 21.5 Å². The van der Waals surface area contributed by atoms with Gasteiger partial charge in [0.25, 0.3) is 5.91 Å². The van der Waals surface area contributed by atoms with Crippen molar-refractivity contribution in [2.45, 2.75) is 13.1 Å². The van der Waals surface area contributed by atoms with Crippen molar-refractivity contribution in [1.82, 2.24) is 4.90 Å². The molecule has 0 aromatic heterocycles. The maximum Gasteiger partial charge on any atom is 0.256 e. The Labute approximate surface area is 120 Å². The summed E-state index contributed by atoms with van der Waals surface area (Å²) in [5.74, 6) is -0.974. The molecule has 0 unspecified atom stereocenters. The van der Waals surface area contributed by atoms with Crippen molar-refractivity contribution < 1.29 is 9.18 Å². The summed E-state index contributed by atoms with van der Waals surface area (Å²) < 4.78 is 13.6. The fourth-order valence-corrected chi connectivity index (χ4v) is 2.61. The van der Waals surface area contributed by atoms with E-state index in [0.29, 0.717) is 13.1 Å². The number of carbonyl (C=O) groups is 1. The fourth-order valence-electron chi connectivity index (χ4n) is 2.41. The number of hydrogen-bond acceptors (Lipinski definition) is 2. The standard InChI is InChI=1S/C15H12ClFN2O/c16-11-5-12(14(18)13(17)6-11)15(20)19-7-9-3-1-2-4-10(9)8-19/h1-6H,7-8,18H2. The Balaban J connectivity index is 1.92. The second-order valence-corrected chi connectivity index (χ2v) is 5.22. The summed E-state index contributed by atoms with van der Waals surface area (Å²) in [6, 6.07) is 10.3. The van der Waals surface area contributed by atoms with Gasteiger partial charge in [-0.2, -0.15) is 0 Å². The van der Waals surface area contributed by atoms with Gasteiger partial charge in [-0.15, -0.1) is 0 Å². The molecule has 1 aliphatic heterocycles. The second-order valence-electron chi connectivity index (χ2n) is 4.78. The fraction of sp³-hybridized carbons (Fsp3) is 0.133. The third-order valence-corrected chi connectivity index (χ3v) is 3.67. The number of amides is 1. The molecule has 3 nitrogen and oxygen atoms in total. The highest BCUT2D eigenvalue weighted by atomic mass is 35.5. The molecule has 1 aliphatic rings. The molecule has 0 atom stereocenters. The molecular formula is C15H12ClFN2O. The van der Waals surface area contributed by atoms with Gasteiger partial charge in [-0.25, -0.2) is 4.39 Å². The molecule has 0 radical (unpaired) electrons. The second kappa shape index (κ2) is 4.80. The van der Waals surface area contributed by atoms with Crippen LogP contribution in [0.2, 0.25) is 5.02 Å². The summed E-state index contributed by atoms with van der Waals surface area (Å²) in [7, 11) is 0. The zero-order chi connectivity index (χ0) is 14.3. The van der Waals surface area contributed by atoms with Crippen LogP contribution in [0.25, 0.3) is 0 Å². The Morgan fingerprint density at radius 1 is 1.20 bits per heavy atom. The number of rotatable bonds is 1. The normalized spacial score (nSPS) is 13.4. The Hall–Kier alpha value is -2.07. The lowest BCUT2D eigenvalue weighted by Gasteiger charge is -2.17. The van der Waals surface area contributed by atoms with E-state index in [9.17, 15) is 9.18 Å². The molecule has 2 aromatic carbocycles. The first-order valence-corrected chi connectivity index (χ1v) is 6.54. The molecule has 20 heavy (non-hydrogen) atoms. The highest BCUT2D eigenvalue weighted by molar-refractivity contribution is 6.31. The number of hydrogen-bond donors (Lipinski definition) is 1. The van der Waals surface area contributed by atoms with E-state index in [1.807, 2.05) is 24.3 Å². The number of nitrogen functional groups attached to an aromatic ring is 1. The minimum Gasteiger partial charge on any atom is -0.396 e. The van der Waals surface area contributed by atoms with Crippen molar-refractivity contribution in [3.63, 3.8) is 0 Å². The van der Waals surface area contributed by atoms with Crippen LogP contribution in [0.4, 0.5) is 10.1 Å². The van der Waals surface area contributed by atoms with Gasteiger partial charge in [-0.1, -0.05) is 35.9 Å². The SMILES string of the molecule is Nc1c(F)cc(Cl)cc1C(=O)N1Cc2ccccc2C1. The summed E-state index contributed by atoms with van der Waals surface area (Å²) in [6.07, 6.45) is 0. The van der Waals surface area contributed by atoms with Crippen molar-refractivity contribution in [2.24, 2.45) is 0 Å². The molecule has 1 heterocycles. The maximum absolute atomic E-state index is 13.6. The van der Waals surface area contributed by atoms with E-state index in [1.165, 1.54) is 6.07 Å². The summed E-state index contributed by atoms with van der Waals surface area (Å²) in [5, 5.41) is 0.164. The Bertz CT molecular complexity index is 677. The smallest absolute Gasteiger partial charge is 0.256 e. The van der Waals surface area contributed by atoms with Crippen molar-refractivity contribution in [3.05, 3.63) is 63.9 Å². The van der Waals surface area contributed by atoms with Crippen LogP contribution in [0.5, 0.6) is 0 Å². The zero-order valence-electron chi connectivity index (χ0n) is 10.6. The first-order valence-electron chi connectivity index (χ1n) is 6.17. The lowest BCUT2D eigenvalue weighted by molar-refractivity contribution is 0.0752. The van der Waals surface area contributed by atoms with E-state index in [2.05, 4.69) is 0 Å². The van der Waals surface area contributed by atoms with Crippen molar-refractivity contribution in [1.29, 1.82) is 0 Å². The van der Waals surface area contributed by atoms with Crippen LogP contribution < -0.4 is 5.73 Å². The van der Waals surface area contributed by atoms with E-state index in [4.69, 9.17) is 17.3 Å². The highest BCUT2D eigenvalue weighted by Crippen LogP contribution is 2.28. The molecule has 0 aliphatic carbocycles. The van der Waals surface area contributed by atoms with E-state index in [-0.39, 0.29) is 22.2 Å². The van der Waals surface area contributed by atoms with Gasteiger partial charge < -0.3 is 10.6 Å². The molecule has 5 heteroatoms. The highest BCUT2D eigenvalue weighted by Gasteiger charge is 2.26. The molecule has 0 saturated heterocycles. The first kappa shape index (κ1) is 12.9. The molecule has 0 fully saturated rings. The molecular weight excluding hydrogens is 279 g/mol. The number of fused-ring (bicyclic) bond motifs is 1. The Kier molecular flexibility index (Phi) is 3.10. The number of nitrogens with two attached hydrogens (primary N) is 1. The van der Waals surface area contributed by atoms with Gasteiger partial charge in [0.05, 0.1) is 11.3 Å². The van der Waals surface area contributed by atoms with Crippen LogP contribution in [0.3, 0.4) is 0 Å².